The molecule has 25 heavy (non-hydrogen) atoms. The van der Waals surface area contributed by atoms with Gasteiger partial charge in [0.1, 0.15) is 11.9 Å². The Morgan fingerprint density at radius 2 is 1.88 bits per heavy atom. The van der Waals surface area contributed by atoms with Crippen LogP contribution in [0.1, 0.15) is 22.5 Å². The van der Waals surface area contributed by atoms with Gasteiger partial charge in [0.2, 0.25) is 0 Å². The van der Waals surface area contributed by atoms with Gasteiger partial charge in [0, 0.05) is 11.8 Å². The van der Waals surface area contributed by atoms with Crippen LogP contribution in [0.5, 0.6) is 0 Å². The molecule has 1 unspecified atom stereocenters. The summed E-state index contributed by atoms with van der Waals surface area (Å²) in [5, 5.41) is 14.6. The number of nitrogens with zero attached hydrogens (tertiary/aromatic N) is 2. The van der Waals surface area contributed by atoms with Gasteiger partial charge in [-0.1, -0.05) is 0 Å². The van der Waals surface area contributed by atoms with Gasteiger partial charge in [-0.3, -0.25) is 4.79 Å². The minimum absolute atomic E-state index is 0.224. The van der Waals surface area contributed by atoms with Crippen LogP contribution in [0.3, 0.4) is 0 Å². The van der Waals surface area contributed by atoms with Crippen molar-refractivity contribution in [2.75, 3.05) is 0 Å². The first-order valence-electron chi connectivity index (χ1n) is 6.99. The van der Waals surface area contributed by atoms with Gasteiger partial charge in [0.25, 0.3) is 5.91 Å². The number of carboxylic acid groups (broad SMARTS) is 1. The van der Waals surface area contributed by atoms with Crippen molar-refractivity contribution in [3.8, 4) is 5.69 Å². The number of carbonyl (C=O) groups is 2. The van der Waals surface area contributed by atoms with Gasteiger partial charge in [-0.05, 0) is 31.2 Å². The fraction of sp³-hybridized carbons (Fsp3) is 0.267. The summed E-state index contributed by atoms with van der Waals surface area (Å²) in [6.07, 6.45) is -5.04. The maximum atomic E-state index is 12.9. The van der Waals surface area contributed by atoms with Gasteiger partial charge in [0.15, 0.2) is 5.69 Å². The molecule has 6 nitrogen and oxygen atoms in total. The fourth-order valence-electron chi connectivity index (χ4n) is 2.07. The van der Waals surface area contributed by atoms with Gasteiger partial charge in [-0.15, -0.1) is 0 Å². The third-order valence-corrected chi connectivity index (χ3v) is 3.24. The number of aryl methyl sites for hydroxylation is 1. The monoisotopic (exact) mass is 359 g/mol. The molecule has 0 aliphatic rings. The molecule has 2 aromatic rings. The molecule has 2 rings (SSSR count). The second-order valence-electron chi connectivity index (χ2n) is 5.27. The van der Waals surface area contributed by atoms with E-state index in [4.69, 9.17) is 5.11 Å². The molecule has 0 saturated heterocycles. The molecule has 0 aliphatic carbocycles. The highest BCUT2D eigenvalue weighted by Gasteiger charge is 2.36. The summed E-state index contributed by atoms with van der Waals surface area (Å²) in [6, 6.07) is 3.02. The van der Waals surface area contributed by atoms with E-state index in [1.54, 1.807) is 0 Å². The Kier molecular flexibility index (Phi) is 5.10. The van der Waals surface area contributed by atoms with Crippen LogP contribution >= 0.6 is 0 Å². The number of amides is 1. The second kappa shape index (κ2) is 6.91. The number of aromatic nitrogens is 2. The smallest absolute Gasteiger partial charge is 0.391 e. The molecule has 2 N–H and O–H groups in total. The number of aliphatic carboxylic acids is 1. The Morgan fingerprint density at radius 1 is 1.28 bits per heavy atom. The lowest BCUT2D eigenvalue weighted by Gasteiger charge is -2.15. The number of nitrogens with one attached hydrogen (secondary N) is 1. The number of benzene rings is 1. The molecule has 1 amide bonds. The van der Waals surface area contributed by atoms with Crippen molar-refractivity contribution in [2.45, 2.75) is 25.6 Å². The van der Waals surface area contributed by atoms with E-state index in [0.29, 0.717) is 11.3 Å². The molecule has 1 aromatic carbocycles. The highest BCUT2D eigenvalue weighted by atomic mass is 19.4. The minimum atomic E-state index is -4.75. The topological polar surface area (TPSA) is 84.2 Å². The van der Waals surface area contributed by atoms with Crippen molar-refractivity contribution in [3.63, 3.8) is 0 Å². The van der Waals surface area contributed by atoms with E-state index >= 15 is 0 Å². The van der Waals surface area contributed by atoms with Crippen molar-refractivity contribution >= 4 is 11.9 Å². The highest BCUT2D eigenvalue weighted by molar-refractivity contribution is 5.96. The summed E-state index contributed by atoms with van der Waals surface area (Å²) in [5.41, 5.74) is 0.518. The largest absolute Gasteiger partial charge is 0.480 e. The molecule has 0 bridgehead atoms. The van der Waals surface area contributed by atoms with Crippen LogP contribution in [0.4, 0.5) is 17.6 Å². The number of rotatable bonds is 5. The molecular formula is C15H13F4N3O3. The number of hydrogen-bond acceptors (Lipinski definition) is 3. The van der Waals surface area contributed by atoms with E-state index in [-0.39, 0.29) is 5.69 Å². The van der Waals surface area contributed by atoms with E-state index < -0.39 is 36.3 Å². The quantitative estimate of drug-likeness (QED) is 0.804. The maximum Gasteiger partial charge on any atom is 0.391 e. The molecule has 0 fully saturated rings. The molecule has 1 atom stereocenters. The summed E-state index contributed by atoms with van der Waals surface area (Å²) in [4.78, 5) is 23.0. The lowest BCUT2D eigenvalue weighted by Crippen LogP contribution is -2.43. The number of halogens is 4. The first kappa shape index (κ1) is 18.4. The predicted molar refractivity (Wildman–Crippen MR) is 77.8 cm³/mol. The Labute approximate surface area is 139 Å². The Morgan fingerprint density at radius 3 is 2.40 bits per heavy atom. The van der Waals surface area contributed by atoms with Crippen molar-refractivity contribution in [2.24, 2.45) is 0 Å². The van der Waals surface area contributed by atoms with Gasteiger partial charge < -0.3 is 10.4 Å². The second-order valence-corrected chi connectivity index (χ2v) is 5.27. The zero-order valence-corrected chi connectivity index (χ0v) is 12.8. The van der Waals surface area contributed by atoms with Crippen molar-refractivity contribution in [1.82, 2.24) is 15.1 Å². The molecule has 10 heteroatoms. The average molecular weight is 359 g/mol. The predicted octanol–water partition coefficient (Wildman–Crippen LogP) is 2.46. The summed E-state index contributed by atoms with van der Waals surface area (Å²) < 4.78 is 51.3. The average Bonchev–Trinajstić information content (AvgIpc) is 2.88. The number of carbonyl (C=O) groups excluding carboxylic acids is 1. The van der Waals surface area contributed by atoms with E-state index in [1.807, 2.05) is 5.32 Å². The van der Waals surface area contributed by atoms with Gasteiger partial charge in [-0.25, -0.2) is 13.9 Å². The summed E-state index contributed by atoms with van der Waals surface area (Å²) in [6.45, 7) is 1.49. The van der Waals surface area contributed by atoms with Crippen molar-refractivity contribution in [3.05, 3.63) is 47.5 Å². The molecule has 0 spiro atoms. The Hall–Kier alpha value is -2.91. The first-order chi connectivity index (χ1) is 11.6. The third-order valence-electron chi connectivity index (χ3n) is 3.24. The van der Waals surface area contributed by atoms with Crippen LogP contribution < -0.4 is 5.32 Å². The fourth-order valence-corrected chi connectivity index (χ4v) is 2.07. The van der Waals surface area contributed by atoms with E-state index in [0.717, 1.165) is 0 Å². The standard InChI is InChI=1S/C15H13F4N3O3/c1-8-7-22(10-4-2-9(16)3-5-10)21-12(8)13(23)20-11(14(24)25)6-15(17,18)19/h2-5,7,11H,6H2,1H3,(H,20,23)(H,24,25). The van der Waals surface area contributed by atoms with Crippen LogP contribution in [-0.2, 0) is 4.79 Å². The lowest BCUT2D eigenvalue weighted by atomic mass is 10.2. The van der Waals surface area contributed by atoms with E-state index in [1.165, 1.54) is 42.1 Å². The van der Waals surface area contributed by atoms with E-state index in [9.17, 15) is 27.2 Å². The van der Waals surface area contributed by atoms with Crippen LogP contribution in [0.15, 0.2) is 30.5 Å². The summed E-state index contributed by atoms with van der Waals surface area (Å²) in [5.74, 6) is -3.32. The highest BCUT2D eigenvalue weighted by Crippen LogP contribution is 2.22. The maximum absolute atomic E-state index is 12.9. The van der Waals surface area contributed by atoms with Gasteiger partial charge in [-0.2, -0.15) is 18.3 Å². The summed E-state index contributed by atoms with van der Waals surface area (Å²) >= 11 is 0. The molecule has 134 valence electrons. The summed E-state index contributed by atoms with van der Waals surface area (Å²) in [7, 11) is 0. The minimum Gasteiger partial charge on any atom is -0.480 e. The zero-order valence-electron chi connectivity index (χ0n) is 12.8. The van der Waals surface area contributed by atoms with Crippen molar-refractivity contribution in [1.29, 1.82) is 0 Å². The Balaban J connectivity index is 2.21. The number of carboxylic acids is 1. The Bertz CT molecular complexity index is 784. The molecule has 0 saturated carbocycles. The van der Waals surface area contributed by atoms with Crippen LogP contribution in [0.2, 0.25) is 0 Å². The number of alkyl halides is 3. The van der Waals surface area contributed by atoms with Crippen molar-refractivity contribution < 1.29 is 32.3 Å². The van der Waals surface area contributed by atoms with Gasteiger partial charge >= 0.3 is 12.1 Å². The van der Waals surface area contributed by atoms with Crippen LogP contribution in [0.25, 0.3) is 5.69 Å². The SMILES string of the molecule is Cc1cn(-c2ccc(F)cc2)nc1C(=O)NC(CC(F)(F)F)C(=O)O. The normalized spacial score (nSPS) is 12.7. The first-order valence-corrected chi connectivity index (χ1v) is 6.99. The molecule has 0 radical (unpaired) electrons. The molecule has 1 aromatic heterocycles. The van der Waals surface area contributed by atoms with E-state index in [2.05, 4.69) is 5.10 Å². The van der Waals surface area contributed by atoms with Gasteiger partial charge in [0.05, 0.1) is 12.1 Å². The van der Waals surface area contributed by atoms with Crippen LogP contribution in [-0.4, -0.2) is 39.0 Å². The number of hydrogen-bond donors (Lipinski definition) is 2. The molecular weight excluding hydrogens is 346 g/mol. The molecule has 0 aliphatic heterocycles. The van der Waals surface area contributed by atoms with Crippen LogP contribution in [0, 0.1) is 12.7 Å². The zero-order chi connectivity index (χ0) is 18.8. The molecule has 1 heterocycles. The third kappa shape index (κ3) is 4.78. The lowest BCUT2D eigenvalue weighted by molar-refractivity contribution is -0.157.